The second kappa shape index (κ2) is 11.3. The Labute approximate surface area is 202 Å². The summed E-state index contributed by atoms with van der Waals surface area (Å²) >= 11 is 12.2. The van der Waals surface area contributed by atoms with E-state index < -0.39 is 22.5 Å². The lowest BCUT2D eigenvalue weighted by atomic mass is 10.3. The Bertz CT molecular complexity index is 1170. The Morgan fingerprint density at radius 1 is 0.939 bits per heavy atom. The maximum Gasteiger partial charge on any atom is 0.264 e. The van der Waals surface area contributed by atoms with Crippen molar-refractivity contribution in [1.82, 2.24) is 5.32 Å². The van der Waals surface area contributed by atoms with Crippen LogP contribution in [0.25, 0.3) is 0 Å². The number of ether oxygens (including phenoxy) is 2. The molecule has 0 aliphatic carbocycles. The van der Waals surface area contributed by atoms with Crippen LogP contribution >= 0.6 is 23.2 Å². The van der Waals surface area contributed by atoms with E-state index in [2.05, 4.69) is 5.32 Å². The smallest absolute Gasteiger partial charge is 0.264 e. The SMILES string of the molecule is COc1ccc(OCCNC(=O)CN(c2cc(Cl)cc(Cl)c2)S(=O)(=O)c2ccccc2)cc1. The van der Waals surface area contributed by atoms with Crippen molar-refractivity contribution in [2.24, 2.45) is 0 Å². The molecule has 3 aromatic rings. The molecule has 0 aliphatic rings. The third-order valence-electron chi connectivity index (χ3n) is 4.51. The van der Waals surface area contributed by atoms with Crippen LogP contribution in [0.3, 0.4) is 0 Å². The molecule has 0 fully saturated rings. The van der Waals surface area contributed by atoms with Crippen molar-refractivity contribution < 1.29 is 22.7 Å². The van der Waals surface area contributed by atoms with Crippen molar-refractivity contribution >= 4 is 44.8 Å². The van der Waals surface area contributed by atoms with Gasteiger partial charge in [-0.05, 0) is 54.6 Å². The van der Waals surface area contributed by atoms with Gasteiger partial charge >= 0.3 is 0 Å². The molecule has 0 radical (unpaired) electrons. The zero-order valence-corrected chi connectivity index (χ0v) is 20.0. The molecule has 33 heavy (non-hydrogen) atoms. The Hall–Kier alpha value is -2.94. The van der Waals surface area contributed by atoms with Crippen molar-refractivity contribution in [3.8, 4) is 11.5 Å². The molecule has 1 N–H and O–H groups in total. The largest absolute Gasteiger partial charge is 0.497 e. The first-order valence-electron chi connectivity index (χ1n) is 9.87. The minimum atomic E-state index is -4.05. The predicted octanol–water partition coefficient (Wildman–Crippen LogP) is 4.39. The molecule has 0 atom stereocenters. The van der Waals surface area contributed by atoms with Crippen LogP contribution in [0.2, 0.25) is 10.0 Å². The Balaban J connectivity index is 1.69. The van der Waals surface area contributed by atoms with Crippen LogP contribution < -0.4 is 19.1 Å². The second-order valence-electron chi connectivity index (χ2n) is 6.83. The molecule has 0 aromatic heterocycles. The Morgan fingerprint density at radius 3 is 2.15 bits per heavy atom. The summed E-state index contributed by atoms with van der Waals surface area (Å²) in [5, 5.41) is 3.17. The summed E-state index contributed by atoms with van der Waals surface area (Å²) in [6, 6.07) is 19.2. The second-order valence-corrected chi connectivity index (χ2v) is 9.56. The van der Waals surface area contributed by atoms with Crippen LogP contribution in [0.4, 0.5) is 5.69 Å². The Kier molecular flexibility index (Phi) is 8.43. The molecule has 0 saturated heterocycles. The zero-order chi connectivity index (χ0) is 23.8. The summed E-state index contributed by atoms with van der Waals surface area (Å²) in [6.07, 6.45) is 0. The van der Waals surface area contributed by atoms with Crippen LogP contribution in [0, 0.1) is 0 Å². The number of hydrogen-bond acceptors (Lipinski definition) is 5. The van der Waals surface area contributed by atoms with Gasteiger partial charge in [-0.1, -0.05) is 41.4 Å². The Morgan fingerprint density at radius 2 is 1.55 bits per heavy atom. The number of amides is 1. The highest BCUT2D eigenvalue weighted by Crippen LogP contribution is 2.29. The molecule has 3 rings (SSSR count). The molecule has 0 unspecified atom stereocenters. The van der Waals surface area contributed by atoms with Gasteiger partial charge in [0.2, 0.25) is 5.91 Å². The van der Waals surface area contributed by atoms with Crippen LogP contribution in [-0.4, -0.2) is 41.1 Å². The lowest BCUT2D eigenvalue weighted by molar-refractivity contribution is -0.119. The van der Waals surface area contributed by atoms with Gasteiger partial charge < -0.3 is 14.8 Å². The molecule has 0 aliphatic heterocycles. The first kappa shape index (κ1) is 24.7. The topological polar surface area (TPSA) is 84.9 Å². The number of methoxy groups -OCH3 is 1. The number of nitrogens with zero attached hydrogens (tertiary/aromatic N) is 1. The summed E-state index contributed by atoms with van der Waals surface area (Å²) in [6.45, 7) is -0.0800. The van der Waals surface area contributed by atoms with Crippen molar-refractivity contribution in [1.29, 1.82) is 0 Å². The van der Waals surface area contributed by atoms with Crippen molar-refractivity contribution in [3.05, 3.63) is 82.8 Å². The zero-order valence-electron chi connectivity index (χ0n) is 17.7. The number of benzene rings is 3. The van der Waals surface area contributed by atoms with E-state index >= 15 is 0 Å². The minimum Gasteiger partial charge on any atom is -0.497 e. The average molecular weight is 509 g/mol. The maximum absolute atomic E-state index is 13.3. The molecule has 7 nitrogen and oxygen atoms in total. The van der Waals surface area contributed by atoms with E-state index in [4.69, 9.17) is 32.7 Å². The van der Waals surface area contributed by atoms with Gasteiger partial charge in [0.25, 0.3) is 10.0 Å². The lowest BCUT2D eigenvalue weighted by Crippen LogP contribution is -2.42. The summed E-state index contributed by atoms with van der Waals surface area (Å²) in [5.74, 6) is 0.812. The molecule has 0 heterocycles. The lowest BCUT2D eigenvalue weighted by Gasteiger charge is -2.24. The average Bonchev–Trinajstić information content (AvgIpc) is 2.80. The fourth-order valence-corrected chi connectivity index (χ4v) is 4.88. The highest BCUT2D eigenvalue weighted by atomic mass is 35.5. The molecule has 0 saturated carbocycles. The molecular weight excluding hydrogens is 487 g/mol. The van der Waals surface area contributed by atoms with Gasteiger partial charge in [0.1, 0.15) is 24.7 Å². The molecule has 1 amide bonds. The number of nitrogens with one attached hydrogen (secondary N) is 1. The van der Waals surface area contributed by atoms with Gasteiger partial charge in [0.05, 0.1) is 24.2 Å². The number of carbonyl (C=O) groups is 1. The molecule has 0 spiro atoms. The minimum absolute atomic E-state index is 0.0386. The molecule has 0 bridgehead atoms. The number of anilines is 1. The third kappa shape index (κ3) is 6.77. The van der Waals surface area contributed by atoms with E-state index in [9.17, 15) is 13.2 Å². The maximum atomic E-state index is 13.3. The quantitative estimate of drug-likeness (QED) is 0.410. The molecule has 10 heteroatoms. The van der Waals surface area contributed by atoms with Crippen molar-refractivity contribution in [2.45, 2.75) is 4.90 Å². The van der Waals surface area contributed by atoms with Crippen LogP contribution in [0.1, 0.15) is 0 Å². The monoisotopic (exact) mass is 508 g/mol. The summed E-state index contributed by atoms with van der Waals surface area (Å²) in [5.41, 5.74) is 0.181. The number of halogens is 2. The summed E-state index contributed by atoms with van der Waals surface area (Å²) < 4.78 is 38.2. The van der Waals surface area contributed by atoms with Gasteiger partial charge in [-0.15, -0.1) is 0 Å². The molecule has 174 valence electrons. The van der Waals surface area contributed by atoms with Gasteiger partial charge in [-0.3, -0.25) is 9.10 Å². The predicted molar refractivity (Wildman–Crippen MR) is 129 cm³/mol. The van der Waals surface area contributed by atoms with Crippen LogP contribution in [0.5, 0.6) is 11.5 Å². The van der Waals surface area contributed by atoms with Gasteiger partial charge in [0.15, 0.2) is 0 Å². The number of hydrogen-bond donors (Lipinski definition) is 1. The van der Waals surface area contributed by atoms with E-state index in [-0.39, 0.29) is 33.8 Å². The number of carbonyl (C=O) groups excluding carboxylic acids is 1. The molecular formula is C23H22Cl2N2O5S. The number of rotatable bonds is 10. The van der Waals surface area contributed by atoms with Gasteiger partial charge in [-0.2, -0.15) is 0 Å². The highest BCUT2D eigenvalue weighted by Gasteiger charge is 2.27. The third-order valence-corrected chi connectivity index (χ3v) is 6.73. The van der Waals surface area contributed by atoms with E-state index in [0.717, 1.165) is 4.31 Å². The van der Waals surface area contributed by atoms with E-state index in [1.165, 1.54) is 30.3 Å². The summed E-state index contributed by atoms with van der Waals surface area (Å²) in [7, 11) is -2.48. The fourth-order valence-electron chi connectivity index (χ4n) is 2.94. The van der Waals surface area contributed by atoms with E-state index in [1.807, 2.05) is 0 Å². The van der Waals surface area contributed by atoms with Gasteiger partial charge in [0, 0.05) is 10.0 Å². The normalized spacial score (nSPS) is 11.0. The fraction of sp³-hybridized carbons (Fsp3) is 0.174. The molecule has 3 aromatic carbocycles. The van der Waals surface area contributed by atoms with Crippen LogP contribution in [-0.2, 0) is 14.8 Å². The van der Waals surface area contributed by atoms with Gasteiger partial charge in [-0.25, -0.2) is 8.42 Å². The van der Waals surface area contributed by atoms with Crippen molar-refractivity contribution in [3.63, 3.8) is 0 Å². The first-order chi connectivity index (χ1) is 15.8. The van der Waals surface area contributed by atoms with E-state index in [1.54, 1.807) is 49.6 Å². The highest BCUT2D eigenvalue weighted by molar-refractivity contribution is 7.92. The first-order valence-corrected chi connectivity index (χ1v) is 12.1. The number of sulfonamides is 1. The summed E-state index contributed by atoms with van der Waals surface area (Å²) in [4.78, 5) is 12.7. The van der Waals surface area contributed by atoms with E-state index in [0.29, 0.717) is 11.5 Å². The van der Waals surface area contributed by atoms with Crippen LogP contribution in [0.15, 0.2) is 77.7 Å². The standard InChI is InChI=1S/C23H22Cl2N2O5S/c1-31-20-7-9-21(10-8-20)32-12-11-26-23(28)16-27(19-14-17(24)13-18(25)15-19)33(29,30)22-5-3-2-4-6-22/h2-10,13-15H,11-12,16H2,1H3,(H,26,28). The van der Waals surface area contributed by atoms with Crippen molar-refractivity contribution in [2.75, 3.05) is 31.1 Å².